The van der Waals surface area contributed by atoms with Crippen LogP contribution in [0.3, 0.4) is 0 Å². The van der Waals surface area contributed by atoms with Gasteiger partial charge in [0.15, 0.2) is 0 Å². The molecule has 5 heteroatoms. The van der Waals surface area contributed by atoms with Crippen molar-refractivity contribution in [1.82, 2.24) is 4.90 Å². The maximum atomic E-state index is 12.4. The minimum absolute atomic E-state index is 0.000618. The largest absolute Gasteiger partial charge is 0.481 e. The summed E-state index contributed by atoms with van der Waals surface area (Å²) in [6, 6.07) is 1.90. The first-order valence-corrected chi connectivity index (χ1v) is 7.30. The summed E-state index contributed by atoms with van der Waals surface area (Å²) >= 11 is 1.51. The van der Waals surface area contributed by atoms with Crippen LogP contribution in [0, 0.1) is 6.92 Å². The Bertz CT molecular complexity index is 465. The maximum Gasteiger partial charge on any atom is 0.305 e. The second-order valence-corrected chi connectivity index (χ2v) is 5.94. The molecule has 1 rings (SSSR count). The number of thiophene rings is 1. The Balaban J connectivity index is 2.89. The molecule has 0 aliphatic carbocycles. The fourth-order valence-electron chi connectivity index (χ4n) is 1.93. The third-order valence-electron chi connectivity index (χ3n) is 3.00. The smallest absolute Gasteiger partial charge is 0.305 e. The van der Waals surface area contributed by atoms with Crippen LogP contribution in [0.2, 0.25) is 0 Å². The number of carbonyl (C=O) groups is 2. The Kier molecular flexibility index (Phi) is 5.54. The van der Waals surface area contributed by atoms with Crippen LogP contribution >= 0.6 is 11.3 Å². The number of carboxylic acids is 1. The van der Waals surface area contributed by atoms with Crippen LogP contribution in [0.25, 0.3) is 0 Å². The summed E-state index contributed by atoms with van der Waals surface area (Å²) in [4.78, 5) is 26.6. The zero-order valence-corrected chi connectivity index (χ0v) is 12.7. The fraction of sp³-hybridized carbons (Fsp3) is 0.571. The molecule has 0 aliphatic rings. The van der Waals surface area contributed by atoms with Crippen molar-refractivity contribution in [3.8, 4) is 0 Å². The molecule has 1 amide bonds. The first-order chi connectivity index (χ1) is 8.86. The van der Waals surface area contributed by atoms with E-state index in [0.717, 1.165) is 12.0 Å². The fourth-order valence-corrected chi connectivity index (χ4v) is 3.00. The lowest BCUT2D eigenvalue weighted by atomic mass is 10.2. The number of hydrogen-bond donors (Lipinski definition) is 1. The van der Waals surface area contributed by atoms with E-state index in [1.807, 2.05) is 26.8 Å². The van der Waals surface area contributed by atoms with Gasteiger partial charge in [0.05, 0.1) is 11.3 Å². The van der Waals surface area contributed by atoms with Gasteiger partial charge in [-0.25, -0.2) is 0 Å². The van der Waals surface area contributed by atoms with E-state index in [2.05, 4.69) is 6.92 Å². The van der Waals surface area contributed by atoms with E-state index < -0.39 is 5.97 Å². The molecule has 0 radical (unpaired) electrons. The lowest BCUT2D eigenvalue weighted by Crippen LogP contribution is -2.38. The van der Waals surface area contributed by atoms with Crippen LogP contribution < -0.4 is 0 Å². The molecule has 0 bridgehead atoms. The first kappa shape index (κ1) is 15.7. The molecule has 0 saturated carbocycles. The van der Waals surface area contributed by atoms with Gasteiger partial charge in [0.2, 0.25) is 0 Å². The summed E-state index contributed by atoms with van der Waals surface area (Å²) in [5.74, 6) is -0.945. The molecule has 1 aromatic heterocycles. The number of amides is 1. The summed E-state index contributed by atoms with van der Waals surface area (Å²) < 4.78 is 0. The van der Waals surface area contributed by atoms with E-state index in [1.165, 1.54) is 16.2 Å². The molecule has 1 heterocycles. The predicted molar refractivity (Wildman–Crippen MR) is 76.9 cm³/mol. The highest BCUT2D eigenvalue weighted by Crippen LogP contribution is 2.24. The molecule has 106 valence electrons. The zero-order chi connectivity index (χ0) is 14.6. The number of aliphatic carboxylic acids is 1. The summed E-state index contributed by atoms with van der Waals surface area (Å²) in [5, 5.41) is 8.75. The van der Waals surface area contributed by atoms with Gasteiger partial charge < -0.3 is 10.0 Å². The Morgan fingerprint density at radius 3 is 2.47 bits per heavy atom. The molecule has 0 fully saturated rings. The summed E-state index contributed by atoms with van der Waals surface area (Å²) in [5.41, 5.74) is 1.14. The van der Waals surface area contributed by atoms with Gasteiger partial charge in [0, 0.05) is 17.5 Å². The third-order valence-corrected chi connectivity index (χ3v) is 4.37. The Labute approximate surface area is 118 Å². The van der Waals surface area contributed by atoms with E-state index >= 15 is 0 Å². The molecule has 0 atom stereocenters. The molecule has 4 nitrogen and oxygen atoms in total. The highest BCUT2D eigenvalue weighted by Gasteiger charge is 2.21. The Hall–Kier alpha value is -1.36. The van der Waals surface area contributed by atoms with E-state index in [-0.39, 0.29) is 24.9 Å². The number of rotatable bonds is 6. The van der Waals surface area contributed by atoms with Crippen LogP contribution in [-0.4, -0.2) is 34.5 Å². The van der Waals surface area contributed by atoms with Gasteiger partial charge >= 0.3 is 5.97 Å². The van der Waals surface area contributed by atoms with Crippen molar-refractivity contribution < 1.29 is 14.7 Å². The average Bonchev–Trinajstić information content (AvgIpc) is 2.69. The van der Waals surface area contributed by atoms with Crippen molar-refractivity contribution in [2.24, 2.45) is 0 Å². The normalized spacial score (nSPS) is 10.8. The second-order valence-electron chi connectivity index (χ2n) is 4.81. The molecule has 0 aliphatic heterocycles. The lowest BCUT2D eigenvalue weighted by molar-refractivity contribution is -0.137. The van der Waals surface area contributed by atoms with Crippen molar-refractivity contribution in [3.05, 3.63) is 21.4 Å². The molecular weight excluding hydrogens is 262 g/mol. The van der Waals surface area contributed by atoms with E-state index in [1.54, 1.807) is 4.90 Å². The number of carboxylic acid groups (broad SMARTS) is 1. The van der Waals surface area contributed by atoms with Gasteiger partial charge in [-0.1, -0.05) is 6.92 Å². The number of hydrogen-bond acceptors (Lipinski definition) is 3. The Morgan fingerprint density at radius 2 is 2.05 bits per heavy atom. The van der Waals surface area contributed by atoms with Crippen molar-refractivity contribution in [2.45, 2.75) is 46.6 Å². The van der Waals surface area contributed by atoms with Crippen LogP contribution in [0.4, 0.5) is 0 Å². The summed E-state index contributed by atoms with van der Waals surface area (Å²) in [6.45, 7) is 8.13. The van der Waals surface area contributed by atoms with Gasteiger partial charge in [-0.3, -0.25) is 9.59 Å². The van der Waals surface area contributed by atoms with Crippen molar-refractivity contribution in [2.75, 3.05) is 6.54 Å². The van der Waals surface area contributed by atoms with E-state index in [4.69, 9.17) is 5.11 Å². The molecule has 1 N–H and O–H groups in total. The van der Waals surface area contributed by atoms with Crippen LogP contribution in [0.5, 0.6) is 0 Å². The van der Waals surface area contributed by atoms with Crippen molar-refractivity contribution in [1.29, 1.82) is 0 Å². The molecule has 19 heavy (non-hydrogen) atoms. The SMILES string of the molecule is CCc1sc(C(=O)N(CCC(=O)O)C(C)C)cc1C. The summed E-state index contributed by atoms with van der Waals surface area (Å²) in [7, 11) is 0. The predicted octanol–water partition coefficient (Wildman–Crippen LogP) is 2.94. The van der Waals surface area contributed by atoms with Crippen LogP contribution in [-0.2, 0) is 11.2 Å². The minimum atomic E-state index is -0.880. The molecule has 0 aromatic carbocycles. The molecular formula is C14H21NO3S. The summed E-state index contributed by atoms with van der Waals surface area (Å²) in [6.07, 6.45) is 0.898. The maximum absolute atomic E-state index is 12.4. The van der Waals surface area contributed by atoms with Crippen LogP contribution in [0.15, 0.2) is 6.07 Å². The highest BCUT2D eigenvalue weighted by atomic mass is 32.1. The Morgan fingerprint density at radius 1 is 1.42 bits per heavy atom. The third kappa shape index (κ3) is 4.06. The topological polar surface area (TPSA) is 57.6 Å². The van der Waals surface area contributed by atoms with Gasteiger partial charge in [-0.2, -0.15) is 0 Å². The van der Waals surface area contributed by atoms with Gasteiger partial charge in [0.1, 0.15) is 0 Å². The number of carbonyl (C=O) groups excluding carboxylic acids is 1. The van der Waals surface area contributed by atoms with E-state index in [9.17, 15) is 9.59 Å². The molecule has 0 unspecified atom stereocenters. The standard InChI is InChI=1S/C14H21NO3S/c1-5-11-10(4)8-12(19-11)14(18)15(9(2)3)7-6-13(16)17/h8-9H,5-7H2,1-4H3,(H,16,17). The number of nitrogens with zero attached hydrogens (tertiary/aromatic N) is 1. The molecule has 1 aromatic rings. The van der Waals surface area contributed by atoms with Crippen molar-refractivity contribution in [3.63, 3.8) is 0 Å². The second kappa shape index (κ2) is 6.70. The quantitative estimate of drug-likeness (QED) is 0.873. The zero-order valence-electron chi connectivity index (χ0n) is 11.9. The van der Waals surface area contributed by atoms with Gasteiger partial charge in [-0.15, -0.1) is 11.3 Å². The number of aryl methyl sites for hydroxylation is 2. The highest BCUT2D eigenvalue weighted by molar-refractivity contribution is 7.14. The molecule has 0 saturated heterocycles. The first-order valence-electron chi connectivity index (χ1n) is 6.48. The van der Waals surface area contributed by atoms with Gasteiger partial charge in [-0.05, 0) is 38.8 Å². The van der Waals surface area contributed by atoms with E-state index in [0.29, 0.717) is 4.88 Å². The average molecular weight is 283 g/mol. The lowest BCUT2D eigenvalue weighted by Gasteiger charge is -2.25. The molecule has 0 spiro atoms. The minimum Gasteiger partial charge on any atom is -0.481 e. The monoisotopic (exact) mass is 283 g/mol. The van der Waals surface area contributed by atoms with Crippen molar-refractivity contribution >= 4 is 23.2 Å². The van der Waals surface area contributed by atoms with Gasteiger partial charge in [0.25, 0.3) is 5.91 Å². The van der Waals surface area contributed by atoms with Crippen LogP contribution in [0.1, 0.15) is 47.3 Å².